The van der Waals surface area contributed by atoms with Crippen molar-refractivity contribution in [1.82, 2.24) is 0 Å². The van der Waals surface area contributed by atoms with E-state index in [0.29, 0.717) is 12.3 Å². The minimum atomic E-state index is -0.330. The molecule has 0 fully saturated rings. The van der Waals surface area contributed by atoms with E-state index in [1.54, 1.807) is 31.4 Å². The molecule has 0 aromatic heterocycles. The number of ether oxygens (including phenoxy) is 2. The van der Waals surface area contributed by atoms with Crippen LogP contribution in [0.5, 0.6) is 0 Å². The number of hydrogen-bond acceptors (Lipinski definition) is 4. The van der Waals surface area contributed by atoms with Gasteiger partial charge in [-0.25, -0.2) is 4.79 Å². The second-order valence-electron chi connectivity index (χ2n) is 2.68. The molecule has 0 heterocycles. The monoisotopic (exact) mass is 195 g/mol. The molecule has 4 nitrogen and oxygen atoms in total. The Hall–Kier alpha value is -1.55. The van der Waals surface area contributed by atoms with Crippen molar-refractivity contribution in [2.75, 3.05) is 26.3 Å². The van der Waals surface area contributed by atoms with Crippen LogP contribution in [0.2, 0.25) is 0 Å². The van der Waals surface area contributed by atoms with Crippen LogP contribution in [0.1, 0.15) is 10.4 Å². The fraction of sp³-hybridized carbons (Fsp3) is 0.300. The molecule has 14 heavy (non-hydrogen) atoms. The molecule has 0 aliphatic heterocycles. The van der Waals surface area contributed by atoms with E-state index in [-0.39, 0.29) is 5.97 Å². The van der Waals surface area contributed by atoms with Crippen LogP contribution < -0.4 is 5.32 Å². The number of hydrogen-bond donors (Lipinski definition) is 1. The van der Waals surface area contributed by atoms with Crippen LogP contribution in [0.3, 0.4) is 0 Å². The molecule has 1 rings (SSSR count). The lowest BCUT2D eigenvalue weighted by molar-refractivity contribution is 0.0601. The molecule has 4 heteroatoms. The summed E-state index contributed by atoms with van der Waals surface area (Å²) in [5.41, 5.74) is 1.44. The Kier molecular flexibility index (Phi) is 3.94. The first-order chi connectivity index (χ1) is 6.77. The standard InChI is InChI=1S/C10H13NO3/c1-13-7-11-9-5-3-8(4-6-9)10(12)14-2/h3-6,11H,7H2,1-2H3. The zero-order valence-corrected chi connectivity index (χ0v) is 8.24. The molecule has 1 aromatic rings. The summed E-state index contributed by atoms with van der Waals surface area (Å²) in [7, 11) is 2.97. The predicted octanol–water partition coefficient (Wildman–Crippen LogP) is 1.49. The fourth-order valence-corrected chi connectivity index (χ4v) is 0.998. The van der Waals surface area contributed by atoms with Crippen LogP contribution in [-0.4, -0.2) is 26.9 Å². The summed E-state index contributed by atoms with van der Waals surface area (Å²) in [6, 6.07) is 6.99. The van der Waals surface area contributed by atoms with E-state index in [4.69, 9.17) is 4.74 Å². The first kappa shape index (κ1) is 10.5. The summed E-state index contributed by atoms with van der Waals surface area (Å²) >= 11 is 0. The maximum atomic E-state index is 11.1. The lowest BCUT2D eigenvalue weighted by Crippen LogP contribution is -2.04. The molecular weight excluding hydrogens is 182 g/mol. The van der Waals surface area contributed by atoms with Crippen molar-refractivity contribution < 1.29 is 14.3 Å². The number of carbonyl (C=O) groups excluding carboxylic acids is 1. The third kappa shape index (κ3) is 2.74. The van der Waals surface area contributed by atoms with Gasteiger partial charge in [0.15, 0.2) is 0 Å². The lowest BCUT2D eigenvalue weighted by atomic mass is 10.2. The Bertz CT molecular complexity index is 295. The van der Waals surface area contributed by atoms with Crippen LogP contribution in [0.4, 0.5) is 5.69 Å². The first-order valence-corrected chi connectivity index (χ1v) is 4.19. The van der Waals surface area contributed by atoms with Gasteiger partial charge in [-0.05, 0) is 24.3 Å². The van der Waals surface area contributed by atoms with Gasteiger partial charge in [0.2, 0.25) is 0 Å². The van der Waals surface area contributed by atoms with E-state index < -0.39 is 0 Å². The van der Waals surface area contributed by atoms with Gasteiger partial charge in [0.25, 0.3) is 0 Å². The van der Waals surface area contributed by atoms with Gasteiger partial charge in [-0.15, -0.1) is 0 Å². The number of esters is 1. The van der Waals surface area contributed by atoms with Crippen molar-refractivity contribution >= 4 is 11.7 Å². The predicted molar refractivity (Wildman–Crippen MR) is 53.3 cm³/mol. The Morgan fingerprint density at radius 3 is 2.43 bits per heavy atom. The Morgan fingerprint density at radius 1 is 1.29 bits per heavy atom. The molecule has 0 radical (unpaired) electrons. The number of benzene rings is 1. The summed E-state index contributed by atoms with van der Waals surface area (Å²) in [4.78, 5) is 11.1. The number of nitrogens with one attached hydrogen (secondary N) is 1. The SMILES string of the molecule is COCNc1ccc(C(=O)OC)cc1. The van der Waals surface area contributed by atoms with Crippen LogP contribution in [-0.2, 0) is 9.47 Å². The molecule has 76 valence electrons. The van der Waals surface area contributed by atoms with Crippen LogP contribution >= 0.6 is 0 Å². The fourth-order valence-electron chi connectivity index (χ4n) is 0.998. The highest BCUT2D eigenvalue weighted by Gasteiger charge is 2.03. The van der Waals surface area contributed by atoms with Gasteiger partial charge >= 0.3 is 5.97 Å². The van der Waals surface area contributed by atoms with Gasteiger partial charge < -0.3 is 14.8 Å². The summed E-state index contributed by atoms with van der Waals surface area (Å²) in [5, 5.41) is 3.00. The molecule has 0 unspecified atom stereocenters. The van der Waals surface area contributed by atoms with E-state index >= 15 is 0 Å². The van der Waals surface area contributed by atoms with E-state index in [0.717, 1.165) is 5.69 Å². The molecule has 0 atom stereocenters. The maximum absolute atomic E-state index is 11.1. The highest BCUT2D eigenvalue weighted by molar-refractivity contribution is 5.89. The van der Waals surface area contributed by atoms with Gasteiger partial charge in [0.1, 0.15) is 6.73 Å². The normalized spacial score (nSPS) is 9.57. The van der Waals surface area contributed by atoms with Gasteiger partial charge in [-0.2, -0.15) is 0 Å². The van der Waals surface area contributed by atoms with Gasteiger partial charge in [0, 0.05) is 12.8 Å². The average molecular weight is 195 g/mol. The molecule has 1 aromatic carbocycles. The van der Waals surface area contributed by atoms with Gasteiger partial charge in [-0.3, -0.25) is 0 Å². The third-order valence-corrected chi connectivity index (χ3v) is 1.73. The molecule has 0 amide bonds. The van der Waals surface area contributed by atoms with Crippen molar-refractivity contribution in [1.29, 1.82) is 0 Å². The average Bonchev–Trinajstić information content (AvgIpc) is 2.26. The second-order valence-corrected chi connectivity index (χ2v) is 2.68. The lowest BCUT2D eigenvalue weighted by Gasteiger charge is -2.05. The summed E-state index contributed by atoms with van der Waals surface area (Å²) in [5.74, 6) is -0.330. The van der Waals surface area contributed by atoms with Crippen LogP contribution in [0.15, 0.2) is 24.3 Å². The van der Waals surface area contributed by atoms with E-state index in [2.05, 4.69) is 10.1 Å². The van der Waals surface area contributed by atoms with Crippen molar-refractivity contribution in [3.8, 4) is 0 Å². The van der Waals surface area contributed by atoms with Crippen LogP contribution in [0, 0.1) is 0 Å². The second kappa shape index (κ2) is 5.24. The molecule has 0 aliphatic carbocycles. The number of methoxy groups -OCH3 is 2. The summed E-state index contributed by atoms with van der Waals surface area (Å²) < 4.78 is 9.42. The minimum Gasteiger partial charge on any atom is -0.465 e. The topological polar surface area (TPSA) is 47.6 Å². The molecule has 1 N–H and O–H groups in total. The molecule has 0 saturated heterocycles. The third-order valence-electron chi connectivity index (χ3n) is 1.73. The molecule has 0 spiro atoms. The quantitative estimate of drug-likeness (QED) is 0.584. The summed E-state index contributed by atoms with van der Waals surface area (Å²) in [6.45, 7) is 0.442. The Labute approximate surface area is 82.8 Å². The molecule has 0 aliphatic rings. The van der Waals surface area contributed by atoms with Crippen molar-refractivity contribution in [2.45, 2.75) is 0 Å². The first-order valence-electron chi connectivity index (χ1n) is 4.19. The summed E-state index contributed by atoms with van der Waals surface area (Å²) in [6.07, 6.45) is 0. The Balaban J connectivity index is 2.63. The zero-order chi connectivity index (χ0) is 10.4. The van der Waals surface area contributed by atoms with Gasteiger partial charge in [0.05, 0.1) is 12.7 Å². The van der Waals surface area contributed by atoms with Crippen molar-refractivity contribution in [3.63, 3.8) is 0 Å². The highest BCUT2D eigenvalue weighted by Crippen LogP contribution is 2.09. The van der Waals surface area contributed by atoms with Crippen molar-refractivity contribution in [3.05, 3.63) is 29.8 Å². The number of rotatable bonds is 4. The van der Waals surface area contributed by atoms with Crippen LogP contribution in [0.25, 0.3) is 0 Å². The number of carbonyl (C=O) groups is 1. The zero-order valence-electron chi connectivity index (χ0n) is 8.24. The van der Waals surface area contributed by atoms with E-state index in [1.807, 2.05) is 0 Å². The highest BCUT2D eigenvalue weighted by atomic mass is 16.5. The molecular formula is C10H13NO3. The van der Waals surface area contributed by atoms with E-state index in [1.165, 1.54) is 7.11 Å². The Morgan fingerprint density at radius 2 is 1.93 bits per heavy atom. The maximum Gasteiger partial charge on any atom is 0.337 e. The minimum absolute atomic E-state index is 0.330. The van der Waals surface area contributed by atoms with Gasteiger partial charge in [-0.1, -0.05) is 0 Å². The van der Waals surface area contributed by atoms with E-state index in [9.17, 15) is 4.79 Å². The number of anilines is 1. The molecule has 0 bridgehead atoms. The largest absolute Gasteiger partial charge is 0.465 e. The van der Waals surface area contributed by atoms with Crippen molar-refractivity contribution in [2.24, 2.45) is 0 Å². The molecule has 0 saturated carbocycles. The smallest absolute Gasteiger partial charge is 0.337 e.